The molecule has 0 spiro atoms. The van der Waals surface area contributed by atoms with Gasteiger partial charge in [-0.2, -0.15) is 9.78 Å². The molecule has 0 N–H and O–H groups in total. The number of aromatic nitrogens is 3. The van der Waals surface area contributed by atoms with E-state index in [0.717, 1.165) is 21.9 Å². The van der Waals surface area contributed by atoms with E-state index >= 15 is 0 Å². The van der Waals surface area contributed by atoms with Crippen molar-refractivity contribution in [3.8, 4) is 11.6 Å². The predicted molar refractivity (Wildman–Crippen MR) is 141 cm³/mol. The van der Waals surface area contributed by atoms with E-state index in [1.807, 2.05) is 60.8 Å². The number of hydrogen-bond acceptors (Lipinski definition) is 4. The van der Waals surface area contributed by atoms with E-state index in [0.29, 0.717) is 39.6 Å². The minimum atomic E-state index is -0.282. The van der Waals surface area contributed by atoms with Crippen molar-refractivity contribution in [3.05, 3.63) is 113 Å². The summed E-state index contributed by atoms with van der Waals surface area (Å²) in [6.45, 7) is 4.51. The highest BCUT2D eigenvalue weighted by molar-refractivity contribution is 6.31. The average Bonchev–Trinajstić information content (AvgIpc) is 3.45. The predicted octanol–water partition coefficient (Wildman–Crippen LogP) is 6.49. The molecule has 170 valence electrons. The Morgan fingerprint density at radius 1 is 1.03 bits per heavy atom. The Morgan fingerprint density at radius 2 is 1.83 bits per heavy atom. The van der Waals surface area contributed by atoms with Crippen LogP contribution < -0.4 is 5.56 Å². The molecular formula is C28H19ClN4O2. The zero-order valence-corrected chi connectivity index (χ0v) is 19.3. The van der Waals surface area contributed by atoms with Crippen LogP contribution in [0.5, 0.6) is 0 Å². The van der Waals surface area contributed by atoms with Gasteiger partial charge in [0, 0.05) is 39.6 Å². The van der Waals surface area contributed by atoms with E-state index in [4.69, 9.17) is 21.0 Å². The number of furan rings is 1. The SMILES string of the molecule is C=CCn1cc(C=Nn2c(-c3cc4cc(Cl)ccc4o3)nc3ccccc3c2=O)c2ccccc21. The monoisotopic (exact) mass is 478 g/mol. The highest BCUT2D eigenvalue weighted by Crippen LogP contribution is 2.29. The van der Waals surface area contributed by atoms with Gasteiger partial charge in [-0.15, -0.1) is 6.58 Å². The normalized spacial score (nSPS) is 11.8. The van der Waals surface area contributed by atoms with Crippen LogP contribution in [0.1, 0.15) is 5.56 Å². The lowest BCUT2D eigenvalue weighted by atomic mass is 10.2. The second-order valence-electron chi connectivity index (χ2n) is 8.15. The lowest BCUT2D eigenvalue weighted by Gasteiger charge is -2.07. The third-order valence-electron chi connectivity index (χ3n) is 5.91. The highest BCUT2D eigenvalue weighted by Gasteiger charge is 2.17. The summed E-state index contributed by atoms with van der Waals surface area (Å²) in [4.78, 5) is 18.2. The second kappa shape index (κ2) is 8.42. The number of fused-ring (bicyclic) bond motifs is 3. The molecular weight excluding hydrogens is 460 g/mol. The van der Waals surface area contributed by atoms with Crippen molar-refractivity contribution in [1.82, 2.24) is 14.2 Å². The first-order valence-electron chi connectivity index (χ1n) is 11.1. The van der Waals surface area contributed by atoms with Crippen molar-refractivity contribution in [2.45, 2.75) is 6.54 Å². The highest BCUT2D eigenvalue weighted by atomic mass is 35.5. The molecule has 3 aromatic heterocycles. The van der Waals surface area contributed by atoms with Crippen molar-refractivity contribution >= 4 is 50.6 Å². The first kappa shape index (κ1) is 21.1. The van der Waals surface area contributed by atoms with Gasteiger partial charge in [0.25, 0.3) is 5.56 Å². The molecule has 35 heavy (non-hydrogen) atoms. The zero-order chi connectivity index (χ0) is 23.9. The molecule has 0 amide bonds. The number of para-hydroxylation sites is 2. The number of hydrogen-bond donors (Lipinski definition) is 0. The van der Waals surface area contributed by atoms with E-state index < -0.39 is 0 Å². The topological polar surface area (TPSA) is 65.3 Å². The first-order chi connectivity index (χ1) is 17.1. The van der Waals surface area contributed by atoms with Gasteiger partial charge in [-0.25, -0.2) is 4.98 Å². The third-order valence-corrected chi connectivity index (χ3v) is 6.15. The van der Waals surface area contributed by atoms with Crippen LogP contribution in [0.4, 0.5) is 0 Å². The summed E-state index contributed by atoms with van der Waals surface area (Å²) in [5.41, 5.74) is 2.88. The van der Waals surface area contributed by atoms with Gasteiger partial charge in [0.2, 0.25) is 5.82 Å². The molecule has 7 heteroatoms. The zero-order valence-electron chi connectivity index (χ0n) is 18.6. The number of allylic oxidation sites excluding steroid dienone is 1. The maximum absolute atomic E-state index is 13.5. The van der Waals surface area contributed by atoms with E-state index in [1.54, 1.807) is 30.5 Å². The lowest BCUT2D eigenvalue weighted by Crippen LogP contribution is -2.20. The summed E-state index contributed by atoms with van der Waals surface area (Å²) in [6.07, 6.45) is 5.53. The van der Waals surface area contributed by atoms with Crippen LogP contribution in [0.2, 0.25) is 5.02 Å². The van der Waals surface area contributed by atoms with Crippen LogP contribution in [0, 0.1) is 0 Å². The van der Waals surface area contributed by atoms with Crippen molar-refractivity contribution < 1.29 is 4.42 Å². The van der Waals surface area contributed by atoms with Crippen LogP contribution in [0.15, 0.2) is 106 Å². The molecule has 0 atom stereocenters. The molecule has 0 radical (unpaired) electrons. The molecule has 0 aliphatic heterocycles. The van der Waals surface area contributed by atoms with E-state index in [1.165, 1.54) is 4.68 Å². The van der Waals surface area contributed by atoms with Crippen LogP contribution in [-0.2, 0) is 6.54 Å². The summed E-state index contributed by atoms with van der Waals surface area (Å²) in [5, 5.41) is 7.52. The van der Waals surface area contributed by atoms with Gasteiger partial charge in [0.15, 0.2) is 5.76 Å². The smallest absolute Gasteiger partial charge is 0.282 e. The van der Waals surface area contributed by atoms with Crippen LogP contribution in [0.3, 0.4) is 0 Å². The lowest BCUT2D eigenvalue weighted by molar-refractivity contribution is 0.616. The minimum Gasteiger partial charge on any atom is -0.453 e. The summed E-state index contributed by atoms with van der Waals surface area (Å²) in [6, 6.07) is 22.4. The van der Waals surface area contributed by atoms with Gasteiger partial charge in [-0.05, 0) is 42.5 Å². The molecule has 0 aliphatic rings. The van der Waals surface area contributed by atoms with Gasteiger partial charge >= 0.3 is 0 Å². The summed E-state index contributed by atoms with van der Waals surface area (Å²) in [7, 11) is 0. The Labute approximate surface area is 205 Å². The molecule has 0 saturated carbocycles. The molecule has 6 aromatic rings. The number of benzene rings is 3. The summed E-state index contributed by atoms with van der Waals surface area (Å²) < 4.78 is 9.43. The fourth-order valence-corrected chi connectivity index (χ4v) is 4.48. The molecule has 0 bridgehead atoms. The molecule has 6 rings (SSSR count). The van der Waals surface area contributed by atoms with Gasteiger partial charge < -0.3 is 8.98 Å². The fraction of sp³-hybridized carbons (Fsp3) is 0.0357. The standard InChI is InChI=1S/C28H19ClN4O2/c1-2-13-32-17-19(21-7-4-6-10-24(21)32)16-30-33-27(31-23-9-5-3-8-22(23)28(33)34)26-15-18-14-20(29)11-12-25(18)35-26/h2-12,14-17H,1,13H2. The Morgan fingerprint density at radius 3 is 2.69 bits per heavy atom. The van der Waals surface area contributed by atoms with Gasteiger partial charge in [0.1, 0.15) is 5.58 Å². The molecule has 0 aliphatic carbocycles. The molecule has 0 saturated heterocycles. The average molecular weight is 479 g/mol. The molecule has 6 nitrogen and oxygen atoms in total. The Balaban J connectivity index is 1.57. The van der Waals surface area contributed by atoms with E-state index in [-0.39, 0.29) is 5.56 Å². The number of halogens is 1. The summed E-state index contributed by atoms with van der Waals surface area (Å²) in [5.74, 6) is 0.739. The fourth-order valence-electron chi connectivity index (χ4n) is 4.30. The Bertz CT molecular complexity index is 1840. The van der Waals surface area contributed by atoms with Gasteiger partial charge in [-0.1, -0.05) is 48.0 Å². The first-order valence-corrected chi connectivity index (χ1v) is 11.4. The Kier molecular flexibility index (Phi) is 5.08. The second-order valence-corrected chi connectivity index (χ2v) is 8.59. The maximum atomic E-state index is 13.5. The quantitative estimate of drug-likeness (QED) is 0.210. The van der Waals surface area contributed by atoms with Crippen molar-refractivity contribution in [3.63, 3.8) is 0 Å². The Hall–Kier alpha value is -4.42. The third kappa shape index (κ3) is 3.64. The van der Waals surface area contributed by atoms with Crippen molar-refractivity contribution in [1.29, 1.82) is 0 Å². The number of rotatable bonds is 5. The van der Waals surface area contributed by atoms with Gasteiger partial charge in [0.05, 0.1) is 17.1 Å². The van der Waals surface area contributed by atoms with Gasteiger partial charge in [-0.3, -0.25) is 4.79 Å². The molecule has 0 fully saturated rings. The number of nitrogens with zero attached hydrogens (tertiary/aromatic N) is 4. The van der Waals surface area contributed by atoms with E-state index in [9.17, 15) is 4.79 Å². The molecule has 0 unspecified atom stereocenters. The largest absolute Gasteiger partial charge is 0.453 e. The summed E-state index contributed by atoms with van der Waals surface area (Å²) >= 11 is 6.15. The van der Waals surface area contributed by atoms with Crippen LogP contribution in [0.25, 0.3) is 44.4 Å². The minimum absolute atomic E-state index is 0.282. The van der Waals surface area contributed by atoms with Crippen molar-refractivity contribution in [2.24, 2.45) is 5.10 Å². The molecule has 3 heterocycles. The maximum Gasteiger partial charge on any atom is 0.282 e. The van der Waals surface area contributed by atoms with Crippen molar-refractivity contribution in [2.75, 3.05) is 0 Å². The molecule has 3 aromatic carbocycles. The van der Waals surface area contributed by atoms with E-state index in [2.05, 4.69) is 16.2 Å². The van der Waals surface area contributed by atoms with Crippen LogP contribution in [-0.4, -0.2) is 20.4 Å². The van der Waals surface area contributed by atoms with Crippen LogP contribution >= 0.6 is 11.6 Å².